The van der Waals surface area contributed by atoms with Crippen molar-refractivity contribution in [3.63, 3.8) is 0 Å². The number of ether oxygens (including phenoxy) is 4. The molecular weight excluding hydrogens is 566 g/mol. The van der Waals surface area contributed by atoms with Crippen molar-refractivity contribution in [2.24, 2.45) is 5.73 Å². The zero-order valence-electron chi connectivity index (χ0n) is 23.0. The lowest BCUT2D eigenvalue weighted by atomic mass is 10.2. The van der Waals surface area contributed by atoms with Crippen molar-refractivity contribution in [1.29, 1.82) is 0 Å². The lowest BCUT2D eigenvalue weighted by molar-refractivity contribution is -0.145. The number of oxazole rings is 1. The number of hydrogen-bond acceptors (Lipinski definition) is 9. The number of rotatable bonds is 16. The highest BCUT2D eigenvalue weighted by Gasteiger charge is 2.24. The quantitative estimate of drug-likeness (QED) is 0.134. The minimum Gasteiger partial charge on any atom is -0.490 e. The summed E-state index contributed by atoms with van der Waals surface area (Å²) < 4.78 is 78.8. The van der Waals surface area contributed by atoms with Crippen LogP contribution >= 0.6 is 0 Å². The molecule has 3 aromatic rings. The Morgan fingerprint density at radius 2 is 1.83 bits per heavy atom. The summed E-state index contributed by atoms with van der Waals surface area (Å²) in [5.74, 6) is -3.04. The van der Waals surface area contributed by atoms with E-state index in [0.717, 1.165) is 6.07 Å². The van der Waals surface area contributed by atoms with Crippen LogP contribution in [0.1, 0.15) is 54.0 Å². The Hall–Kier alpha value is -4.17. The smallest absolute Gasteiger partial charge is 0.387 e. The van der Waals surface area contributed by atoms with Gasteiger partial charge in [-0.05, 0) is 44.0 Å². The van der Waals surface area contributed by atoms with Gasteiger partial charge in [0.2, 0.25) is 5.89 Å². The number of carbonyl (C=O) groups excluding carboxylic acids is 2. The summed E-state index contributed by atoms with van der Waals surface area (Å²) in [6.07, 6.45) is 0.974. The van der Waals surface area contributed by atoms with Gasteiger partial charge < -0.3 is 34.4 Å². The average Bonchev–Trinajstić information content (AvgIpc) is 3.39. The van der Waals surface area contributed by atoms with Crippen LogP contribution in [-0.2, 0) is 20.8 Å². The van der Waals surface area contributed by atoms with E-state index in [9.17, 15) is 27.2 Å². The molecule has 0 spiro atoms. The third-order valence-electron chi connectivity index (χ3n) is 5.73. The van der Waals surface area contributed by atoms with Gasteiger partial charge in [0, 0.05) is 37.3 Å². The third-order valence-corrected chi connectivity index (χ3v) is 5.73. The molecule has 0 unspecified atom stereocenters. The second kappa shape index (κ2) is 15.7. The fourth-order valence-electron chi connectivity index (χ4n) is 3.66. The van der Waals surface area contributed by atoms with Crippen LogP contribution in [0.15, 0.2) is 40.8 Å². The third kappa shape index (κ3) is 9.45. The van der Waals surface area contributed by atoms with Gasteiger partial charge in [-0.25, -0.2) is 13.8 Å². The number of esters is 1. The van der Waals surface area contributed by atoms with Gasteiger partial charge in [0.25, 0.3) is 5.91 Å². The summed E-state index contributed by atoms with van der Waals surface area (Å²) in [4.78, 5) is 28.8. The number of benzene rings is 2. The van der Waals surface area contributed by atoms with E-state index in [1.54, 1.807) is 6.92 Å². The van der Waals surface area contributed by atoms with Crippen LogP contribution in [-0.4, -0.2) is 50.4 Å². The van der Waals surface area contributed by atoms with Gasteiger partial charge in [-0.1, -0.05) is 6.07 Å². The first-order valence-electron chi connectivity index (χ1n) is 12.9. The maximum Gasteiger partial charge on any atom is 0.387 e. The van der Waals surface area contributed by atoms with Crippen LogP contribution in [0.25, 0.3) is 11.5 Å². The number of nitrogens with two attached hydrogens (primary N) is 1. The van der Waals surface area contributed by atoms with Crippen molar-refractivity contribution in [2.75, 3.05) is 26.9 Å². The minimum absolute atomic E-state index is 0.0230. The lowest BCUT2D eigenvalue weighted by Crippen LogP contribution is -2.25. The molecule has 3 N–H and O–H groups in total. The van der Waals surface area contributed by atoms with Crippen molar-refractivity contribution < 1.29 is 50.5 Å². The monoisotopic (exact) mass is 597 g/mol. The molecule has 1 amide bonds. The van der Waals surface area contributed by atoms with Gasteiger partial charge in [0.15, 0.2) is 23.0 Å². The zero-order valence-corrected chi connectivity index (χ0v) is 23.0. The molecule has 228 valence electrons. The molecule has 1 atom stereocenters. The number of aromatic nitrogens is 1. The summed E-state index contributed by atoms with van der Waals surface area (Å²) >= 11 is 0. The summed E-state index contributed by atoms with van der Waals surface area (Å²) in [6.45, 7) is -1.31. The molecule has 1 aromatic heterocycles. The predicted molar refractivity (Wildman–Crippen MR) is 141 cm³/mol. The Balaban J connectivity index is 1.73. The van der Waals surface area contributed by atoms with E-state index in [1.807, 2.05) is 0 Å². The van der Waals surface area contributed by atoms with Crippen LogP contribution < -0.4 is 20.5 Å². The van der Waals surface area contributed by atoms with Crippen LogP contribution in [0.2, 0.25) is 0 Å². The number of unbranched alkanes of at least 4 members (excludes halogenated alkanes) is 1. The van der Waals surface area contributed by atoms with Gasteiger partial charge in [0.1, 0.15) is 18.2 Å². The number of nitrogens with zero attached hydrogens (tertiary/aromatic N) is 1. The highest BCUT2D eigenvalue weighted by molar-refractivity contribution is 5.94. The molecule has 0 aliphatic heterocycles. The predicted octanol–water partition coefficient (Wildman–Crippen LogP) is 4.91. The minimum atomic E-state index is -3.12. The fraction of sp³-hybridized carbons (Fsp3) is 0.393. The number of nitrogens with one attached hydrogen (secondary N) is 1. The Morgan fingerprint density at radius 3 is 2.52 bits per heavy atom. The molecule has 0 aliphatic rings. The molecule has 3 rings (SSSR count). The number of methoxy groups -OCH3 is 1. The Morgan fingerprint density at radius 1 is 1.05 bits per heavy atom. The van der Waals surface area contributed by atoms with E-state index in [1.165, 1.54) is 31.4 Å². The molecule has 10 nitrogen and oxygen atoms in total. The van der Waals surface area contributed by atoms with Gasteiger partial charge in [-0.2, -0.15) is 8.78 Å². The molecule has 0 saturated heterocycles. The van der Waals surface area contributed by atoms with Crippen LogP contribution in [0, 0.1) is 11.6 Å². The standard InChI is InChI=1S/C28H31F4N3O7/c1-16(33)25-24(26(37)34-15-18-6-8-19(29)14-20(18)30)35-27(42-25)17-7-9-21(41-28(31)32)22(13-17)39-10-4-3-5-23(36)40-12-11-38-2/h6-9,13-14,16,28H,3-5,10-12,15,33H2,1-2H3,(H,34,37)/t16-/m0/s1. The molecule has 0 radical (unpaired) electrons. The van der Waals surface area contributed by atoms with Gasteiger partial charge in [-0.3, -0.25) is 9.59 Å². The molecule has 0 aliphatic carbocycles. The molecule has 2 aromatic carbocycles. The van der Waals surface area contributed by atoms with Crippen molar-refractivity contribution in [1.82, 2.24) is 10.3 Å². The maximum absolute atomic E-state index is 14.0. The number of hydrogen-bond donors (Lipinski definition) is 2. The molecule has 0 fully saturated rings. The first-order valence-corrected chi connectivity index (χ1v) is 12.9. The highest BCUT2D eigenvalue weighted by atomic mass is 19.3. The Labute approximate surface area is 239 Å². The molecule has 42 heavy (non-hydrogen) atoms. The largest absolute Gasteiger partial charge is 0.490 e. The van der Waals surface area contributed by atoms with Crippen LogP contribution in [0.5, 0.6) is 11.5 Å². The lowest BCUT2D eigenvalue weighted by Gasteiger charge is -2.13. The average molecular weight is 598 g/mol. The van der Waals surface area contributed by atoms with Crippen molar-refractivity contribution in [3.05, 3.63) is 65.1 Å². The maximum atomic E-state index is 14.0. The normalized spacial score (nSPS) is 11.8. The van der Waals surface area contributed by atoms with E-state index in [4.69, 9.17) is 24.4 Å². The molecule has 1 heterocycles. The second-order valence-electron chi connectivity index (χ2n) is 9.00. The fourth-order valence-corrected chi connectivity index (χ4v) is 3.66. The molecule has 0 bridgehead atoms. The van der Waals surface area contributed by atoms with E-state index >= 15 is 0 Å². The topological polar surface area (TPSA) is 135 Å². The first-order chi connectivity index (χ1) is 20.1. The van der Waals surface area contributed by atoms with Gasteiger partial charge in [-0.15, -0.1) is 0 Å². The summed E-state index contributed by atoms with van der Waals surface area (Å²) in [5, 5.41) is 2.49. The summed E-state index contributed by atoms with van der Waals surface area (Å²) in [5.41, 5.74) is 6.11. The van der Waals surface area contributed by atoms with E-state index in [-0.39, 0.29) is 72.8 Å². The number of alkyl halides is 2. The van der Waals surface area contributed by atoms with Crippen LogP contribution in [0.3, 0.4) is 0 Å². The van der Waals surface area contributed by atoms with Gasteiger partial charge in [0.05, 0.1) is 19.3 Å². The molecule has 14 heteroatoms. The number of carbonyl (C=O) groups is 2. The van der Waals surface area contributed by atoms with Crippen molar-refractivity contribution >= 4 is 11.9 Å². The Bertz CT molecular complexity index is 1350. The molecule has 0 saturated carbocycles. The van der Waals surface area contributed by atoms with Crippen molar-refractivity contribution in [3.8, 4) is 23.0 Å². The molecular formula is C28H31F4N3O7. The number of halogens is 4. The number of amides is 1. The summed E-state index contributed by atoms with van der Waals surface area (Å²) in [7, 11) is 1.49. The van der Waals surface area contributed by atoms with Crippen molar-refractivity contribution in [2.45, 2.75) is 45.4 Å². The SMILES string of the molecule is COCCOC(=O)CCCCOc1cc(-c2nc(C(=O)NCc3ccc(F)cc3F)c([C@H](C)N)o2)ccc1OC(F)F. The second-order valence-corrected chi connectivity index (χ2v) is 9.00. The Kier molecular flexibility index (Phi) is 12.1. The van der Waals surface area contributed by atoms with E-state index in [0.29, 0.717) is 18.9 Å². The van der Waals surface area contributed by atoms with Crippen LogP contribution in [0.4, 0.5) is 17.6 Å². The van der Waals surface area contributed by atoms with E-state index < -0.39 is 36.2 Å². The van der Waals surface area contributed by atoms with E-state index in [2.05, 4.69) is 15.0 Å². The zero-order chi connectivity index (χ0) is 30.6. The van der Waals surface area contributed by atoms with Gasteiger partial charge >= 0.3 is 12.6 Å². The summed E-state index contributed by atoms with van der Waals surface area (Å²) in [6, 6.07) is 6.15. The highest BCUT2D eigenvalue weighted by Crippen LogP contribution is 2.35. The first kappa shape index (κ1) is 32.3.